The molecule has 0 N–H and O–H groups in total. The number of fused-ring (bicyclic) bond motifs is 1. The van der Waals surface area contributed by atoms with E-state index in [1.54, 1.807) is 0 Å². The molecule has 30 heavy (non-hydrogen) atoms. The maximum absolute atomic E-state index is 12.9. The molecule has 2 fully saturated rings. The van der Waals surface area contributed by atoms with Crippen molar-refractivity contribution < 1.29 is 14.3 Å². The molecule has 0 radical (unpaired) electrons. The van der Waals surface area contributed by atoms with E-state index < -0.39 is 5.60 Å². The minimum atomic E-state index is -0.503. The van der Waals surface area contributed by atoms with Crippen LogP contribution in [0.4, 0.5) is 4.79 Å². The van der Waals surface area contributed by atoms with Crippen molar-refractivity contribution in [1.29, 1.82) is 0 Å². The Morgan fingerprint density at radius 1 is 1.23 bits per heavy atom. The molecular formula is C25H34N2O3. The van der Waals surface area contributed by atoms with Gasteiger partial charge in [-0.25, -0.2) is 4.79 Å². The van der Waals surface area contributed by atoms with Crippen LogP contribution in [-0.4, -0.2) is 53.8 Å². The fourth-order valence-corrected chi connectivity index (χ4v) is 6.10. The number of hydrogen-bond acceptors (Lipinski definition) is 4. The number of hydrogen-bond donors (Lipinski definition) is 0. The van der Waals surface area contributed by atoms with Crippen molar-refractivity contribution >= 4 is 11.8 Å². The predicted molar refractivity (Wildman–Crippen MR) is 117 cm³/mol. The highest BCUT2D eigenvalue weighted by atomic mass is 16.6. The number of benzene rings is 1. The Balaban J connectivity index is 1.35. The van der Waals surface area contributed by atoms with E-state index in [9.17, 15) is 4.79 Å². The molecule has 5 nitrogen and oxygen atoms in total. The number of rotatable bonds is 1. The van der Waals surface area contributed by atoms with Crippen molar-refractivity contribution in [3.05, 3.63) is 35.4 Å². The summed E-state index contributed by atoms with van der Waals surface area (Å²) in [6.07, 6.45) is 6.22. The minimum Gasteiger partial charge on any atom is -0.487 e. The second-order valence-corrected chi connectivity index (χ2v) is 11.3. The van der Waals surface area contributed by atoms with E-state index in [1.807, 2.05) is 25.7 Å². The molecular weight excluding hydrogens is 376 g/mol. The van der Waals surface area contributed by atoms with Crippen LogP contribution in [0, 0.1) is 11.3 Å². The standard InChI is InChI=1S/C25H34N2O3/c1-17-6-8-20(27(12-17)22(28)30-23(2,3)4)18-7-9-21-19(10-18)11-25(29-21)13-24(14-25)15-26(5)16-24/h7-10,17H,6,11-16H2,1-5H3/t17-/m0/s1. The zero-order chi connectivity index (χ0) is 21.3. The van der Waals surface area contributed by atoms with E-state index >= 15 is 0 Å². The molecule has 3 aliphatic heterocycles. The van der Waals surface area contributed by atoms with Crippen molar-refractivity contribution in [2.75, 3.05) is 26.7 Å². The summed E-state index contributed by atoms with van der Waals surface area (Å²) in [5, 5.41) is 0. The van der Waals surface area contributed by atoms with Crippen LogP contribution in [0.25, 0.3) is 5.70 Å². The highest BCUT2D eigenvalue weighted by Crippen LogP contribution is 2.59. The average molecular weight is 411 g/mol. The molecule has 0 bridgehead atoms. The highest BCUT2D eigenvalue weighted by Gasteiger charge is 2.62. The summed E-state index contributed by atoms with van der Waals surface area (Å²) in [6, 6.07) is 6.44. The first-order valence-corrected chi connectivity index (χ1v) is 11.3. The van der Waals surface area contributed by atoms with Crippen LogP contribution in [-0.2, 0) is 11.2 Å². The zero-order valence-electron chi connectivity index (χ0n) is 19.0. The molecule has 1 aliphatic carbocycles. The number of likely N-dealkylation sites (tertiary alicyclic amines) is 1. The molecule has 1 aromatic carbocycles. The summed E-state index contributed by atoms with van der Waals surface area (Å²) < 4.78 is 12.2. The molecule has 1 atom stereocenters. The fourth-order valence-electron chi connectivity index (χ4n) is 6.10. The first-order chi connectivity index (χ1) is 14.1. The molecule has 5 rings (SSSR count). The van der Waals surface area contributed by atoms with E-state index in [4.69, 9.17) is 9.47 Å². The third-order valence-electron chi connectivity index (χ3n) is 6.91. The second-order valence-electron chi connectivity index (χ2n) is 11.3. The van der Waals surface area contributed by atoms with Gasteiger partial charge in [0, 0.05) is 31.5 Å². The van der Waals surface area contributed by atoms with Gasteiger partial charge in [0.2, 0.25) is 0 Å². The summed E-state index contributed by atoms with van der Waals surface area (Å²) >= 11 is 0. The lowest BCUT2D eigenvalue weighted by molar-refractivity contribution is -0.161. The predicted octanol–water partition coefficient (Wildman–Crippen LogP) is 4.70. The summed E-state index contributed by atoms with van der Waals surface area (Å²) in [5.74, 6) is 1.45. The Labute approximate surface area is 180 Å². The molecule has 162 valence electrons. The van der Waals surface area contributed by atoms with Gasteiger partial charge >= 0.3 is 6.09 Å². The zero-order valence-corrected chi connectivity index (χ0v) is 19.0. The van der Waals surface area contributed by atoms with Crippen LogP contribution < -0.4 is 4.74 Å². The normalized spacial score (nSPS) is 26.5. The van der Waals surface area contributed by atoms with Gasteiger partial charge in [0.05, 0.1) is 5.70 Å². The molecule has 5 heteroatoms. The first-order valence-electron chi connectivity index (χ1n) is 11.3. The van der Waals surface area contributed by atoms with Crippen molar-refractivity contribution in [3.63, 3.8) is 0 Å². The van der Waals surface area contributed by atoms with E-state index in [1.165, 1.54) is 31.5 Å². The maximum Gasteiger partial charge on any atom is 0.414 e. The van der Waals surface area contributed by atoms with Gasteiger partial charge in [-0.1, -0.05) is 13.0 Å². The van der Waals surface area contributed by atoms with Gasteiger partial charge in [-0.05, 0) is 82.3 Å². The Morgan fingerprint density at radius 2 is 1.97 bits per heavy atom. The third kappa shape index (κ3) is 3.41. The van der Waals surface area contributed by atoms with Gasteiger partial charge < -0.3 is 14.4 Å². The largest absolute Gasteiger partial charge is 0.487 e. The number of nitrogens with zero attached hydrogens (tertiary/aromatic N) is 2. The van der Waals surface area contributed by atoms with Gasteiger partial charge in [0.25, 0.3) is 0 Å². The molecule has 1 saturated carbocycles. The third-order valence-corrected chi connectivity index (χ3v) is 6.91. The minimum absolute atomic E-state index is 0.00251. The van der Waals surface area contributed by atoms with Crippen LogP contribution in [0.5, 0.6) is 5.75 Å². The van der Waals surface area contributed by atoms with Crippen LogP contribution >= 0.6 is 0 Å². The van der Waals surface area contributed by atoms with Gasteiger partial charge in [-0.2, -0.15) is 0 Å². The monoisotopic (exact) mass is 410 g/mol. The van der Waals surface area contributed by atoms with Gasteiger partial charge in [0.1, 0.15) is 17.0 Å². The Bertz CT molecular complexity index is 899. The summed E-state index contributed by atoms with van der Waals surface area (Å²) in [4.78, 5) is 17.1. The molecule has 1 saturated heterocycles. The number of amides is 1. The summed E-state index contributed by atoms with van der Waals surface area (Å²) in [5.41, 5.74) is 3.33. The Hall–Kier alpha value is -2.01. The van der Waals surface area contributed by atoms with Crippen LogP contribution in [0.2, 0.25) is 0 Å². The number of carbonyl (C=O) groups is 1. The lowest BCUT2D eigenvalue weighted by Gasteiger charge is -2.62. The van der Waals surface area contributed by atoms with E-state index in [-0.39, 0.29) is 11.7 Å². The quantitative estimate of drug-likeness (QED) is 0.673. The molecule has 4 aliphatic rings. The maximum atomic E-state index is 12.9. The second kappa shape index (κ2) is 6.49. The van der Waals surface area contributed by atoms with Crippen molar-refractivity contribution in [3.8, 4) is 5.75 Å². The van der Waals surface area contributed by atoms with Gasteiger partial charge in [0.15, 0.2) is 0 Å². The molecule has 0 unspecified atom stereocenters. The first kappa shape index (κ1) is 19.9. The van der Waals surface area contributed by atoms with Crippen LogP contribution in [0.15, 0.2) is 24.3 Å². The fraction of sp³-hybridized carbons (Fsp3) is 0.640. The highest BCUT2D eigenvalue weighted by molar-refractivity contribution is 5.83. The average Bonchev–Trinajstić information content (AvgIpc) is 2.96. The topological polar surface area (TPSA) is 42.0 Å². The molecule has 1 amide bonds. The van der Waals surface area contributed by atoms with E-state index in [0.717, 1.165) is 29.9 Å². The van der Waals surface area contributed by atoms with Gasteiger partial charge in [-0.15, -0.1) is 0 Å². The van der Waals surface area contributed by atoms with Crippen LogP contribution in [0.3, 0.4) is 0 Å². The summed E-state index contributed by atoms with van der Waals surface area (Å²) in [7, 11) is 2.20. The molecule has 3 heterocycles. The summed E-state index contributed by atoms with van der Waals surface area (Å²) in [6.45, 7) is 11.0. The number of carbonyl (C=O) groups excluding carboxylic acids is 1. The lowest BCUT2D eigenvalue weighted by Crippen LogP contribution is -2.68. The van der Waals surface area contributed by atoms with Gasteiger partial charge in [-0.3, -0.25) is 4.90 Å². The molecule has 1 aromatic rings. The Kier molecular flexibility index (Phi) is 4.31. The Morgan fingerprint density at radius 3 is 2.63 bits per heavy atom. The smallest absolute Gasteiger partial charge is 0.414 e. The lowest BCUT2D eigenvalue weighted by atomic mass is 9.54. The van der Waals surface area contributed by atoms with E-state index in [0.29, 0.717) is 17.9 Å². The van der Waals surface area contributed by atoms with Crippen LogP contribution in [0.1, 0.15) is 58.1 Å². The number of ether oxygens (including phenoxy) is 2. The number of allylic oxidation sites excluding steroid dienone is 1. The molecule has 2 spiro atoms. The van der Waals surface area contributed by atoms with Crippen molar-refractivity contribution in [2.45, 2.75) is 64.6 Å². The van der Waals surface area contributed by atoms with Crippen molar-refractivity contribution in [2.24, 2.45) is 11.3 Å². The molecule has 0 aromatic heterocycles. The van der Waals surface area contributed by atoms with Crippen molar-refractivity contribution in [1.82, 2.24) is 9.80 Å². The van der Waals surface area contributed by atoms with E-state index in [2.05, 4.69) is 43.1 Å². The SMILES string of the molecule is C[C@H]1CC=C(c2ccc3c(c2)CC2(CC4(CN(C)C4)C2)O3)N(C(=O)OC(C)(C)C)C1.